The number of benzene rings is 2. The van der Waals surface area contributed by atoms with Crippen LogP contribution in [0.15, 0.2) is 71.2 Å². The summed E-state index contributed by atoms with van der Waals surface area (Å²) in [6, 6.07) is 13.9. The van der Waals surface area contributed by atoms with E-state index in [1.807, 2.05) is 19.1 Å². The van der Waals surface area contributed by atoms with Crippen LogP contribution in [0.1, 0.15) is 17.0 Å². The second-order valence-corrected chi connectivity index (χ2v) is 7.69. The van der Waals surface area contributed by atoms with Crippen LogP contribution < -0.4 is 16.4 Å². The summed E-state index contributed by atoms with van der Waals surface area (Å²) >= 11 is 6.00. The fourth-order valence-electron chi connectivity index (χ4n) is 3.88. The summed E-state index contributed by atoms with van der Waals surface area (Å²) in [6.45, 7) is 1.92. The Balaban J connectivity index is 2.02. The molecule has 8 heteroatoms. The van der Waals surface area contributed by atoms with Gasteiger partial charge in [-0.2, -0.15) is 0 Å². The lowest BCUT2D eigenvalue weighted by molar-refractivity contribution is -0.136. The van der Waals surface area contributed by atoms with Gasteiger partial charge in [-0.25, -0.2) is 0 Å². The molecule has 4 rings (SSSR count). The van der Waals surface area contributed by atoms with Crippen molar-refractivity contribution in [2.45, 2.75) is 12.8 Å². The van der Waals surface area contributed by atoms with E-state index in [9.17, 15) is 14.4 Å². The smallest absolute Gasteiger partial charge is 0.278 e. The van der Waals surface area contributed by atoms with E-state index in [1.54, 1.807) is 36.4 Å². The zero-order valence-corrected chi connectivity index (χ0v) is 17.1. The maximum absolute atomic E-state index is 13.1. The first-order chi connectivity index (χ1) is 14.2. The summed E-state index contributed by atoms with van der Waals surface area (Å²) in [5, 5.41) is 0.494. The van der Waals surface area contributed by atoms with Crippen molar-refractivity contribution in [2.75, 3.05) is 11.9 Å². The SMILES string of the molecule is Cc1ccc(N2C(N)=C(C(N)=O)[C@@H](c3ccc(Cl)cc3)C3=C2C(=O)N(C)C3=O)cc1. The molecule has 2 aliphatic rings. The number of primary amides is 1. The van der Waals surface area contributed by atoms with Crippen molar-refractivity contribution in [1.82, 2.24) is 4.90 Å². The number of carbonyl (C=O) groups excluding carboxylic acids is 3. The summed E-state index contributed by atoms with van der Waals surface area (Å²) in [6.07, 6.45) is 0. The largest absolute Gasteiger partial charge is 0.384 e. The predicted molar refractivity (Wildman–Crippen MR) is 113 cm³/mol. The lowest BCUT2D eigenvalue weighted by Crippen LogP contribution is -2.40. The van der Waals surface area contributed by atoms with Gasteiger partial charge in [-0.05, 0) is 36.8 Å². The molecule has 2 heterocycles. The molecule has 4 N–H and O–H groups in total. The van der Waals surface area contributed by atoms with Crippen LogP contribution in [0.25, 0.3) is 0 Å². The van der Waals surface area contributed by atoms with Crippen molar-refractivity contribution in [2.24, 2.45) is 11.5 Å². The predicted octanol–water partition coefficient (Wildman–Crippen LogP) is 2.16. The second kappa shape index (κ2) is 7.03. The van der Waals surface area contributed by atoms with Gasteiger partial charge in [0.25, 0.3) is 11.8 Å². The van der Waals surface area contributed by atoms with Gasteiger partial charge in [0.05, 0.1) is 17.1 Å². The number of aryl methyl sites for hydroxylation is 1. The molecule has 2 aromatic carbocycles. The number of hydrogen-bond acceptors (Lipinski definition) is 5. The Bertz CT molecular complexity index is 1150. The fourth-order valence-corrected chi connectivity index (χ4v) is 4.00. The van der Waals surface area contributed by atoms with E-state index in [1.165, 1.54) is 11.9 Å². The van der Waals surface area contributed by atoms with Gasteiger partial charge in [0.15, 0.2) is 0 Å². The molecule has 152 valence electrons. The summed E-state index contributed by atoms with van der Waals surface area (Å²) in [5.41, 5.74) is 14.6. The number of anilines is 1. The number of imide groups is 1. The average Bonchev–Trinajstić information content (AvgIpc) is 2.93. The summed E-state index contributed by atoms with van der Waals surface area (Å²) in [7, 11) is 1.40. The van der Waals surface area contributed by atoms with Gasteiger partial charge in [0.2, 0.25) is 5.91 Å². The highest BCUT2D eigenvalue weighted by atomic mass is 35.5. The van der Waals surface area contributed by atoms with E-state index >= 15 is 0 Å². The number of halogens is 1. The molecule has 0 bridgehead atoms. The Morgan fingerprint density at radius 1 is 1.00 bits per heavy atom. The molecular weight excluding hydrogens is 404 g/mol. The van der Waals surface area contributed by atoms with Crippen molar-refractivity contribution in [3.63, 3.8) is 0 Å². The maximum Gasteiger partial charge on any atom is 0.278 e. The first kappa shape index (κ1) is 19.7. The molecule has 30 heavy (non-hydrogen) atoms. The minimum Gasteiger partial charge on any atom is -0.384 e. The lowest BCUT2D eigenvalue weighted by atomic mass is 9.80. The van der Waals surface area contributed by atoms with Gasteiger partial charge >= 0.3 is 0 Å². The van der Waals surface area contributed by atoms with E-state index in [2.05, 4.69) is 0 Å². The Morgan fingerprint density at radius 2 is 1.60 bits per heavy atom. The topological polar surface area (TPSA) is 110 Å². The highest BCUT2D eigenvalue weighted by molar-refractivity contribution is 6.30. The van der Waals surface area contributed by atoms with Crippen molar-refractivity contribution in [3.05, 3.63) is 87.3 Å². The van der Waals surface area contributed by atoms with Crippen LogP contribution in [0.5, 0.6) is 0 Å². The first-order valence-electron chi connectivity index (χ1n) is 9.20. The Labute approximate surface area is 178 Å². The molecule has 2 aromatic rings. The third-order valence-corrected chi connectivity index (χ3v) is 5.63. The maximum atomic E-state index is 13.1. The average molecular weight is 423 g/mol. The molecule has 7 nitrogen and oxygen atoms in total. The third kappa shape index (κ3) is 2.86. The van der Waals surface area contributed by atoms with Gasteiger partial charge in [0.1, 0.15) is 11.5 Å². The van der Waals surface area contributed by atoms with Crippen molar-refractivity contribution < 1.29 is 14.4 Å². The van der Waals surface area contributed by atoms with Gasteiger partial charge in [0, 0.05) is 17.8 Å². The third-order valence-electron chi connectivity index (χ3n) is 5.38. The van der Waals surface area contributed by atoms with Crippen LogP contribution in [0.2, 0.25) is 5.02 Å². The van der Waals surface area contributed by atoms with Crippen LogP contribution in [-0.4, -0.2) is 29.7 Å². The molecule has 0 fully saturated rings. The van der Waals surface area contributed by atoms with Crippen LogP contribution >= 0.6 is 11.6 Å². The Hall–Kier alpha value is -3.58. The van der Waals surface area contributed by atoms with Crippen LogP contribution in [-0.2, 0) is 14.4 Å². The number of nitrogens with zero attached hydrogens (tertiary/aromatic N) is 2. The minimum absolute atomic E-state index is 0.0153. The van der Waals surface area contributed by atoms with Crippen molar-refractivity contribution in [3.8, 4) is 0 Å². The molecule has 3 amide bonds. The van der Waals surface area contributed by atoms with Crippen molar-refractivity contribution >= 4 is 35.0 Å². The monoisotopic (exact) mass is 422 g/mol. The van der Waals surface area contributed by atoms with E-state index in [-0.39, 0.29) is 22.7 Å². The van der Waals surface area contributed by atoms with Crippen molar-refractivity contribution in [1.29, 1.82) is 0 Å². The van der Waals surface area contributed by atoms with E-state index in [0.717, 1.165) is 10.5 Å². The molecule has 0 saturated heterocycles. The molecule has 0 aromatic heterocycles. The summed E-state index contributed by atoms with van der Waals surface area (Å²) in [5.74, 6) is -2.63. The van der Waals surface area contributed by atoms with Gasteiger partial charge in [-0.15, -0.1) is 0 Å². The molecule has 0 saturated carbocycles. The minimum atomic E-state index is -0.877. The molecule has 0 radical (unpaired) electrons. The quantitative estimate of drug-likeness (QED) is 0.736. The summed E-state index contributed by atoms with van der Waals surface area (Å²) < 4.78 is 0. The van der Waals surface area contributed by atoms with E-state index in [0.29, 0.717) is 16.3 Å². The Morgan fingerprint density at radius 3 is 2.17 bits per heavy atom. The van der Waals surface area contributed by atoms with Crippen LogP contribution in [0.3, 0.4) is 0 Å². The molecular formula is C22H19ClN4O3. The lowest BCUT2D eigenvalue weighted by Gasteiger charge is -2.34. The number of likely N-dealkylation sites (N-methyl/N-ethyl adjacent to an activating group) is 1. The van der Waals surface area contributed by atoms with Gasteiger partial charge in [-0.3, -0.25) is 24.2 Å². The molecule has 1 atom stereocenters. The number of hydrogen-bond donors (Lipinski definition) is 2. The molecule has 2 aliphatic heterocycles. The highest BCUT2D eigenvalue weighted by Crippen LogP contribution is 2.46. The van der Waals surface area contributed by atoms with Crippen LogP contribution in [0, 0.1) is 6.92 Å². The standard InChI is InChI=1S/C22H19ClN4O3/c1-11-3-9-14(10-4-11)27-18-16(21(29)26(2)22(18)30)15(17(19(27)24)20(25)28)12-5-7-13(23)8-6-12/h3-10,15H,24H2,1-2H3,(H2,25,28)/t15-/m0/s1. The molecule has 0 aliphatic carbocycles. The molecule has 0 spiro atoms. The number of amides is 3. The fraction of sp³-hybridized carbons (Fsp3) is 0.136. The molecule has 0 unspecified atom stereocenters. The number of rotatable bonds is 3. The number of carbonyl (C=O) groups is 3. The van der Waals surface area contributed by atoms with Gasteiger partial charge < -0.3 is 11.5 Å². The zero-order valence-electron chi connectivity index (χ0n) is 16.3. The Kier molecular flexibility index (Phi) is 4.63. The first-order valence-corrected chi connectivity index (χ1v) is 9.58. The second-order valence-electron chi connectivity index (χ2n) is 7.25. The summed E-state index contributed by atoms with van der Waals surface area (Å²) in [4.78, 5) is 41.1. The van der Waals surface area contributed by atoms with E-state index in [4.69, 9.17) is 23.1 Å². The normalized spacial score (nSPS) is 19.0. The highest BCUT2D eigenvalue weighted by Gasteiger charge is 2.49. The zero-order chi connectivity index (χ0) is 21.7. The van der Waals surface area contributed by atoms with Gasteiger partial charge in [-0.1, -0.05) is 41.4 Å². The van der Waals surface area contributed by atoms with E-state index < -0.39 is 23.6 Å². The number of nitrogens with two attached hydrogens (primary N) is 2. The van der Waals surface area contributed by atoms with Crippen LogP contribution in [0.4, 0.5) is 5.69 Å².